The van der Waals surface area contributed by atoms with Crippen molar-refractivity contribution in [2.24, 2.45) is 11.7 Å². The van der Waals surface area contributed by atoms with Gasteiger partial charge in [0.1, 0.15) is 12.3 Å². The zero-order valence-corrected chi connectivity index (χ0v) is 19.7. The Morgan fingerprint density at radius 2 is 2.03 bits per heavy atom. The highest BCUT2D eigenvalue weighted by molar-refractivity contribution is 6.30. The Kier molecular flexibility index (Phi) is 8.15. The summed E-state index contributed by atoms with van der Waals surface area (Å²) >= 11 is 6.09. The predicted octanol–water partition coefficient (Wildman–Crippen LogP) is 1.16. The minimum absolute atomic E-state index is 0.00320. The number of carboxylic acids is 1. The maximum Gasteiger partial charge on any atom is 0.337 e. The molecule has 0 spiro atoms. The number of ether oxygens (including phenoxy) is 1. The maximum atomic E-state index is 13.3. The molecule has 0 bridgehead atoms. The van der Waals surface area contributed by atoms with Gasteiger partial charge in [0.05, 0.1) is 24.6 Å². The van der Waals surface area contributed by atoms with Crippen LogP contribution in [0.5, 0.6) is 5.75 Å². The topological polar surface area (TPSA) is 177 Å². The average Bonchev–Trinajstić information content (AvgIpc) is 2.96. The van der Waals surface area contributed by atoms with Crippen molar-refractivity contribution in [3.8, 4) is 5.75 Å². The number of rotatable bonds is 7. The molecule has 186 valence electrons. The quantitative estimate of drug-likeness (QED) is 0.349. The number of aromatic carboxylic acids is 1. The molecule has 2 aromatic rings. The molecule has 3 rings (SSSR count). The predicted molar refractivity (Wildman–Crippen MR) is 128 cm³/mol. The molecule has 2 atom stereocenters. The number of halogens is 1. The van der Waals surface area contributed by atoms with Gasteiger partial charge in [-0.25, -0.2) is 9.59 Å². The maximum absolute atomic E-state index is 13.3. The molecule has 0 aromatic heterocycles. The largest absolute Gasteiger partial charge is 0.496 e. The summed E-state index contributed by atoms with van der Waals surface area (Å²) in [5, 5.41) is 14.9. The van der Waals surface area contributed by atoms with Crippen molar-refractivity contribution in [1.29, 1.82) is 0 Å². The first-order chi connectivity index (χ1) is 16.6. The van der Waals surface area contributed by atoms with E-state index < -0.39 is 42.3 Å². The van der Waals surface area contributed by atoms with Crippen LogP contribution in [0.1, 0.15) is 27.5 Å². The lowest BCUT2D eigenvalue weighted by molar-refractivity contribution is -0.133. The third kappa shape index (κ3) is 6.00. The summed E-state index contributed by atoms with van der Waals surface area (Å²) in [6.45, 7) is -0.495. The molecule has 35 heavy (non-hydrogen) atoms. The van der Waals surface area contributed by atoms with Gasteiger partial charge in [0.15, 0.2) is 0 Å². The van der Waals surface area contributed by atoms with Crippen molar-refractivity contribution in [3.05, 3.63) is 58.1 Å². The molecule has 1 saturated heterocycles. The first-order valence-corrected chi connectivity index (χ1v) is 11.1. The third-order valence-electron chi connectivity index (χ3n) is 5.66. The summed E-state index contributed by atoms with van der Waals surface area (Å²) in [6, 6.07) is 7.58. The molecule has 0 aliphatic carbocycles. The average molecular weight is 504 g/mol. The summed E-state index contributed by atoms with van der Waals surface area (Å²) in [7, 11) is 1.49. The Morgan fingerprint density at radius 1 is 1.29 bits per heavy atom. The van der Waals surface area contributed by atoms with Crippen LogP contribution in [-0.2, 0) is 16.0 Å². The molecular weight excluding hydrogens is 478 g/mol. The Bertz CT molecular complexity index is 1160. The Hall–Kier alpha value is -3.83. The molecular formula is C23H26ClN5O6. The Morgan fingerprint density at radius 3 is 2.66 bits per heavy atom. The van der Waals surface area contributed by atoms with Crippen molar-refractivity contribution in [2.75, 3.05) is 32.5 Å². The lowest BCUT2D eigenvalue weighted by Gasteiger charge is -2.25. The number of carboxylic acid groups (broad SMARTS) is 1. The van der Waals surface area contributed by atoms with Crippen molar-refractivity contribution < 1.29 is 29.0 Å². The lowest BCUT2D eigenvalue weighted by atomic mass is 9.97. The number of nitrogen functional groups attached to an aromatic ring is 1. The van der Waals surface area contributed by atoms with Crippen LogP contribution >= 0.6 is 11.6 Å². The second kappa shape index (κ2) is 11.1. The summed E-state index contributed by atoms with van der Waals surface area (Å²) in [5.74, 6) is -2.46. The van der Waals surface area contributed by atoms with Gasteiger partial charge in [-0.15, -0.1) is 0 Å². The van der Waals surface area contributed by atoms with Gasteiger partial charge in [0.2, 0.25) is 11.8 Å². The van der Waals surface area contributed by atoms with Crippen LogP contribution in [0.25, 0.3) is 0 Å². The second-order valence-corrected chi connectivity index (χ2v) is 8.41. The van der Waals surface area contributed by atoms with Gasteiger partial charge in [-0.2, -0.15) is 0 Å². The van der Waals surface area contributed by atoms with E-state index in [-0.39, 0.29) is 30.8 Å². The number of carbonyl (C=O) groups is 4. The Labute approximate surface area is 206 Å². The molecule has 1 heterocycles. The molecule has 0 saturated carbocycles. The summed E-state index contributed by atoms with van der Waals surface area (Å²) in [4.78, 5) is 50.7. The standard InChI is InChI=1S/C23H26ClN5O6/c1-35-19-5-3-15(24)7-13(19)6-14-10-27-20(30)11-29(21(14)31)23(34)28-18(9-25)12-2-4-16(22(32)33)17(26)8-12/h2-5,7-8,14,18H,6,9-11,25-26H2,1H3,(H,27,30)(H,28,34)(H,32,33). The van der Waals surface area contributed by atoms with Crippen LogP contribution in [0.4, 0.5) is 10.5 Å². The molecule has 2 aromatic carbocycles. The van der Waals surface area contributed by atoms with E-state index in [9.17, 15) is 19.2 Å². The third-order valence-corrected chi connectivity index (χ3v) is 5.89. The SMILES string of the molecule is COc1ccc(Cl)cc1CC1CNC(=O)CN(C(=O)NC(CN)c2ccc(C(=O)O)c(N)c2)C1=O. The molecule has 4 amide bonds. The number of nitrogens with zero attached hydrogens (tertiary/aromatic N) is 1. The van der Waals surface area contributed by atoms with Crippen LogP contribution in [0.15, 0.2) is 36.4 Å². The zero-order valence-electron chi connectivity index (χ0n) is 18.9. The number of imide groups is 1. The van der Waals surface area contributed by atoms with E-state index >= 15 is 0 Å². The molecule has 0 radical (unpaired) electrons. The van der Waals surface area contributed by atoms with Crippen LogP contribution in [0.2, 0.25) is 5.02 Å². The fourth-order valence-corrected chi connectivity index (χ4v) is 4.02. The van der Waals surface area contributed by atoms with Crippen molar-refractivity contribution in [3.63, 3.8) is 0 Å². The number of carbonyl (C=O) groups excluding carboxylic acids is 3. The second-order valence-electron chi connectivity index (χ2n) is 7.98. The molecule has 11 nitrogen and oxygen atoms in total. The molecule has 12 heteroatoms. The fraction of sp³-hybridized carbons (Fsp3) is 0.304. The first kappa shape index (κ1) is 25.8. The van der Waals surface area contributed by atoms with E-state index in [1.807, 2.05) is 0 Å². The number of nitrogens with one attached hydrogen (secondary N) is 2. The van der Waals surface area contributed by atoms with Crippen LogP contribution in [0, 0.1) is 5.92 Å². The molecule has 7 N–H and O–H groups in total. The number of urea groups is 1. The monoisotopic (exact) mass is 503 g/mol. The highest BCUT2D eigenvalue weighted by atomic mass is 35.5. The van der Waals surface area contributed by atoms with Crippen molar-refractivity contribution in [2.45, 2.75) is 12.5 Å². The molecule has 2 unspecified atom stereocenters. The smallest absolute Gasteiger partial charge is 0.337 e. The van der Waals surface area contributed by atoms with E-state index in [2.05, 4.69) is 10.6 Å². The van der Waals surface area contributed by atoms with E-state index in [1.165, 1.54) is 25.3 Å². The number of amides is 4. The molecule has 1 aliphatic heterocycles. The van der Waals surface area contributed by atoms with E-state index in [1.54, 1.807) is 18.2 Å². The van der Waals surface area contributed by atoms with Crippen LogP contribution in [-0.4, -0.2) is 60.6 Å². The van der Waals surface area contributed by atoms with Gasteiger partial charge in [-0.1, -0.05) is 17.7 Å². The molecule has 1 aliphatic rings. The van der Waals surface area contributed by atoms with Crippen molar-refractivity contribution >= 4 is 41.1 Å². The minimum Gasteiger partial charge on any atom is -0.496 e. The normalized spacial score (nSPS) is 16.8. The summed E-state index contributed by atoms with van der Waals surface area (Å²) in [6.07, 6.45) is 0.181. The first-order valence-electron chi connectivity index (χ1n) is 10.7. The molecule has 1 fully saturated rings. The summed E-state index contributed by atoms with van der Waals surface area (Å²) in [5.41, 5.74) is 12.6. The highest BCUT2D eigenvalue weighted by Crippen LogP contribution is 2.26. The van der Waals surface area contributed by atoms with Gasteiger partial charge in [0, 0.05) is 23.8 Å². The van der Waals surface area contributed by atoms with Gasteiger partial charge in [0.25, 0.3) is 0 Å². The van der Waals surface area contributed by atoms with Gasteiger partial charge < -0.3 is 31.9 Å². The van der Waals surface area contributed by atoms with Crippen LogP contribution in [0.3, 0.4) is 0 Å². The van der Waals surface area contributed by atoms with E-state index in [4.69, 9.17) is 32.9 Å². The Balaban J connectivity index is 1.81. The van der Waals surface area contributed by atoms with E-state index in [0.717, 1.165) is 4.90 Å². The number of hydrogen-bond acceptors (Lipinski definition) is 7. The number of methoxy groups -OCH3 is 1. The van der Waals surface area contributed by atoms with Gasteiger partial charge in [-0.3, -0.25) is 14.5 Å². The van der Waals surface area contributed by atoms with Gasteiger partial charge in [-0.05, 0) is 47.9 Å². The lowest BCUT2D eigenvalue weighted by Crippen LogP contribution is -2.49. The fourth-order valence-electron chi connectivity index (χ4n) is 3.82. The van der Waals surface area contributed by atoms with Gasteiger partial charge >= 0.3 is 12.0 Å². The number of hydrogen-bond donors (Lipinski definition) is 5. The highest BCUT2D eigenvalue weighted by Gasteiger charge is 2.35. The number of anilines is 1. The minimum atomic E-state index is -1.19. The zero-order chi connectivity index (χ0) is 25.7. The summed E-state index contributed by atoms with van der Waals surface area (Å²) < 4.78 is 5.34. The number of nitrogens with two attached hydrogens (primary N) is 2. The van der Waals surface area contributed by atoms with Crippen LogP contribution < -0.4 is 26.8 Å². The van der Waals surface area contributed by atoms with E-state index in [0.29, 0.717) is 21.9 Å². The number of benzene rings is 2. The van der Waals surface area contributed by atoms with Crippen molar-refractivity contribution in [1.82, 2.24) is 15.5 Å².